The summed E-state index contributed by atoms with van der Waals surface area (Å²) in [5.41, 5.74) is 7.25. The topological polar surface area (TPSA) is 63.3 Å². The molecule has 3 heteroatoms. The van der Waals surface area contributed by atoms with Crippen molar-refractivity contribution in [1.29, 1.82) is 0 Å². The van der Waals surface area contributed by atoms with Crippen LogP contribution in [0.3, 0.4) is 0 Å². The maximum atomic E-state index is 10.5. The molecule has 84 valence electrons. The Balaban J connectivity index is 0.000000921. The zero-order valence-corrected chi connectivity index (χ0v) is 9.53. The van der Waals surface area contributed by atoms with E-state index in [1.54, 1.807) is 12.1 Å². The van der Waals surface area contributed by atoms with Crippen molar-refractivity contribution in [2.45, 2.75) is 33.2 Å². The SMILES string of the molecule is CC.CCc1ccc(C(N)C(=O)O)cc1. The van der Waals surface area contributed by atoms with Crippen LogP contribution in [0.15, 0.2) is 24.3 Å². The Hall–Kier alpha value is -1.35. The number of rotatable bonds is 3. The first-order chi connectivity index (χ1) is 7.15. The Morgan fingerprint density at radius 2 is 1.80 bits per heavy atom. The van der Waals surface area contributed by atoms with Gasteiger partial charge in [0.15, 0.2) is 0 Å². The maximum absolute atomic E-state index is 10.5. The Kier molecular flexibility index (Phi) is 6.38. The summed E-state index contributed by atoms with van der Waals surface area (Å²) in [5, 5.41) is 8.64. The number of carboxylic acid groups (broad SMARTS) is 1. The molecule has 0 radical (unpaired) electrons. The van der Waals surface area contributed by atoms with Gasteiger partial charge < -0.3 is 10.8 Å². The molecule has 1 atom stereocenters. The van der Waals surface area contributed by atoms with E-state index in [9.17, 15) is 4.79 Å². The predicted molar refractivity (Wildman–Crippen MR) is 61.7 cm³/mol. The van der Waals surface area contributed by atoms with Crippen molar-refractivity contribution in [2.24, 2.45) is 5.73 Å². The molecule has 0 spiro atoms. The number of carboxylic acids is 1. The highest BCUT2D eigenvalue weighted by atomic mass is 16.4. The highest BCUT2D eigenvalue weighted by molar-refractivity contribution is 5.75. The summed E-state index contributed by atoms with van der Waals surface area (Å²) in [6.07, 6.45) is 0.947. The molecule has 0 saturated heterocycles. The lowest BCUT2D eigenvalue weighted by Gasteiger charge is -2.06. The minimum absolute atomic E-state index is 0.643. The number of nitrogens with two attached hydrogens (primary N) is 1. The molecule has 0 bridgehead atoms. The number of benzene rings is 1. The molecule has 0 saturated carbocycles. The van der Waals surface area contributed by atoms with E-state index in [1.165, 1.54) is 5.56 Å². The van der Waals surface area contributed by atoms with Crippen molar-refractivity contribution in [1.82, 2.24) is 0 Å². The summed E-state index contributed by atoms with van der Waals surface area (Å²) in [6, 6.07) is 6.41. The fraction of sp³-hybridized carbons (Fsp3) is 0.417. The van der Waals surface area contributed by atoms with Crippen LogP contribution in [0, 0.1) is 0 Å². The molecule has 3 nitrogen and oxygen atoms in total. The standard InChI is InChI=1S/C10H13NO2.C2H6/c1-2-7-3-5-8(6-4-7)9(11)10(12)13;1-2/h3-6,9H,2,11H2,1H3,(H,12,13);1-2H3. The van der Waals surface area contributed by atoms with Gasteiger partial charge in [0.25, 0.3) is 0 Å². The molecule has 0 heterocycles. The molecule has 1 aromatic carbocycles. The van der Waals surface area contributed by atoms with Crippen LogP contribution in [0.25, 0.3) is 0 Å². The summed E-state index contributed by atoms with van der Waals surface area (Å²) in [4.78, 5) is 10.5. The van der Waals surface area contributed by atoms with Crippen LogP contribution < -0.4 is 5.73 Å². The van der Waals surface area contributed by atoms with Crippen molar-refractivity contribution in [3.8, 4) is 0 Å². The smallest absolute Gasteiger partial charge is 0.325 e. The molecule has 1 unspecified atom stereocenters. The second-order valence-electron chi connectivity index (χ2n) is 2.91. The van der Waals surface area contributed by atoms with Crippen molar-refractivity contribution in [3.63, 3.8) is 0 Å². The van der Waals surface area contributed by atoms with Gasteiger partial charge in [-0.2, -0.15) is 0 Å². The van der Waals surface area contributed by atoms with E-state index in [1.807, 2.05) is 32.9 Å². The van der Waals surface area contributed by atoms with Crippen LogP contribution in [-0.2, 0) is 11.2 Å². The molecule has 0 fully saturated rings. The molecule has 1 rings (SSSR count). The Morgan fingerprint density at radius 1 is 1.33 bits per heavy atom. The Labute approximate surface area is 90.9 Å². The van der Waals surface area contributed by atoms with Gasteiger partial charge in [0.1, 0.15) is 6.04 Å². The molecule has 0 amide bonds. The van der Waals surface area contributed by atoms with Gasteiger partial charge >= 0.3 is 5.97 Å². The van der Waals surface area contributed by atoms with E-state index in [2.05, 4.69) is 0 Å². The summed E-state index contributed by atoms with van der Waals surface area (Å²) in [6.45, 7) is 6.05. The second-order valence-corrected chi connectivity index (χ2v) is 2.91. The highest BCUT2D eigenvalue weighted by Crippen LogP contribution is 2.11. The number of aliphatic carboxylic acids is 1. The van der Waals surface area contributed by atoms with Gasteiger partial charge in [0.05, 0.1) is 0 Å². The monoisotopic (exact) mass is 209 g/mol. The van der Waals surface area contributed by atoms with Crippen molar-refractivity contribution < 1.29 is 9.90 Å². The fourth-order valence-corrected chi connectivity index (χ4v) is 1.10. The van der Waals surface area contributed by atoms with Gasteiger partial charge in [-0.3, -0.25) is 4.79 Å². The van der Waals surface area contributed by atoms with Crippen molar-refractivity contribution in [2.75, 3.05) is 0 Å². The van der Waals surface area contributed by atoms with E-state index >= 15 is 0 Å². The fourth-order valence-electron chi connectivity index (χ4n) is 1.10. The van der Waals surface area contributed by atoms with E-state index in [0.29, 0.717) is 5.56 Å². The zero-order valence-electron chi connectivity index (χ0n) is 9.53. The molecular formula is C12H19NO2. The third kappa shape index (κ3) is 4.13. The number of hydrogen-bond donors (Lipinski definition) is 2. The predicted octanol–water partition coefficient (Wildman–Crippen LogP) is 2.36. The number of carbonyl (C=O) groups is 1. The first-order valence-electron chi connectivity index (χ1n) is 5.22. The van der Waals surface area contributed by atoms with Gasteiger partial charge in [-0.25, -0.2) is 0 Å². The number of aryl methyl sites for hydroxylation is 1. The van der Waals surface area contributed by atoms with E-state index in [0.717, 1.165) is 6.42 Å². The third-order valence-electron chi connectivity index (χ3n) is 2.01. The van der Waals surface area contributed by atoms with Gasteiger partial charge in [0, 0.05) is 0 Å². The van der Waals surface area contributed by atoms with Crippen LogP contribution in [-0.4, -0.2) is 11.1 Å². The summed E-state index contributed by atoms with van der Waals surface area (Å²) >= 11 is 0. The molecule has 3 N–H and O–H groups in total. The second kappa shape index (κ2) is 7.01. The quantitative estimate of drug-likeness (QED) is 0.803. The normalized spacial score (nSPS) is 11.2. The third-order valence-corrected chi connectivity index (χ3v) is 2.01. The highest BCUT2D eigenvalue weighted by Gasteiger charge is 2.12. The lowest BCUT2D eigenvalue weighted by molar-refractivity contribution is -0.138. The first-order valence-corrected chi connectivity index (χ1v) is 5.22. The average Bonchev–Trinajstić information content (AvgIpc) is 2.31. The zero-order chi connectivity index (χ0) is 11.8. The van der Waals surface area contributed by atoms with Crippen LogP contribution in [0.1, 0.15) is 37.9 Å². The molecule has 0 aliphatic carbocycles. The van der Waals surface area contributed by atoms with E-state index in [-0.39, 0.29) is 0 Å². The lowest BCUT2D eigenvalue weighted by atomic mass is 10.0. The largest absolute Gasteiger partial charge is 0.480 e. The van der Waals surface area contributed by atoms with Crippen molar-refractivity contribution in [3.05, 3.63) is 35.4 Å². The minimum atomic E-state index is -0.996. The summed E-state index contributed by atoms with van der Waals surface area (Å²) < 4.78 is 0. The van der Waals surface area contributed by atoms with Crippen LogP contribution in [0.5, 0.6) is 0 Å². The Morgan fingerprint density at radius 3 is 2.13 bits per heavy atom. The molecular weight excluding hydrogens is 190 g/mol. The molecule has 0 aromatic heterocycles. The first kappa shape index (κ1) is 13.7. The lowest BCUT2D eigenvalue weighted by Crippen LogP contribution is -2.20. The van der Waals surface area contributed by atoms with E-state index in [4.69, 9.17) is 10.8 Å². The van der Waals surface area contributed by atoms with Gasteiger partial charge in [-0.1, -0.05) is 45.0 Å². The van der Waals surface area contributed by atoms with Gasteiger partial charge in [-0.05, 0) is 17.5 Å². The molecule has 1 aromatic rings. The average molecular weight is 209 g/mol. The molecule has 15 heavy (non-hydrogen) atoms. The number of hydrogen-bond acceptors (Lipinski definition) is 2. The van der Waals surface area contributed by atoms with Crippen LogP contribution in [0.2, 0.25) is 0 Å². The Bertz CT molecular complexity index is 293. The van der Waals surface area contributed by atoms with Gasteiger partial charge in [-0.15, -0.1) is 0 Å². The summed E-state index contributed by atoms with van der Waals surface area (Å²) in [7, 11) is 0. The summed E-state index contributed by atoms with van der Waals surface area (Å²) in [5.74, 6) is -0.996. The van der Waals surface area contributed by atoms with Crippen molar-refractivity contribution >= 4 is 5.97 Å². The minimum Gasteiger partial charge on any atom is -0.480 e. The maximum Gasteiger partial charge on any atom is 0.325 e. The van der Waals surface area contributed by atoms with Crippen LogP contribution in [0.4, 0.5) is 0 Å². The van der Waals surface area contributed by atoms with Crippen LogP contribution >= 0.6 is 0 Å². The molecule has 0 aliphatic heterocycles. The van der Waals surface area contributed by atoms with Gasteiger partial charge in [0.2, 0.25) is 0 Å². The van der Waals surface area contributed by atoms with E-state index < -0.39 is 12.0 Å². The molecule has 0 aliphatic rings.